The van der Waals surface area contributed by atoms with Crippen molar-refractivity contribution in [3.05, 3.63) is 0 Å². The summed E-state index contributed by atoms with van der Waals surface area (Å²) in [6, 6.07) is 0. The summed E-state index contributed by atoms with van der Waals surface area (Å²) in [5, 5.41) is 0. The SMILES string of the molecule is COC(=O)C1(CC2CCC3OC3C2)CCCC(C2CCCCC2)C1. The highest BCUT2D eigenvalue weighted by molar-refractivity contribution is 5.77. The van der Waals surface area contributed by atoms with E-state index in [1.54, 1.807) is 7.11 Å². The van der Waals surface area contributed by atoms with E-state index in [0.717, 1.165) is 31.1 Å². The fourth-order valence-corrected chi connectivity index (χ4v) is 6.31. The lowest BCUT2D eigenvalue weighted by molar-refractivity contribution is -0.158. The molecule has 3 heteroatoms. The van der Waals surface area contributed by atoms with Gasteiger partial charge in [-0.2, -0.15) is 0 Å². The van der Waals surface area contributed by atoms with Crippen LogP contribution >= 0.6 is 0 Å². The molecule has 4 rings (SSSR count). The van der Waals surface area contributed by atoms with Crippen LogP contribution in [0.25, 0.3) is 0 Å². The zero-order chi connectivity index (χ0) is 16.6. The van der Waals surface area contributed by atoms with Gasteiger partial charge in [-0.05, 0) is 56.3 Å². The number of methoxy groups -OCH3 is 1. The number of hydrogen-bond donors (Lipinski definition) is 0. The number of carbonyl (C=O) groups is 1. The van der Waals surface area contributed by atoms with E-state index in [0.29, 0.717) is 18.1 Å². The Kier molecular flexibility index (Phi) is 4.90. The molecule has 0 aromatic rings. The Hall–Kier alpha value is -0.570. The molecule has 0 spiro atoms. The molecule has 0 amide bonds. The maximum atomic E-state index is 12.8. The molecule has 4 aliphatic rings. The lowest BCUT2D eigenvalue weighted by atomic mass is 9.60. The van der Waals surface area contributed by atoms with Gasteiger partial charge >= 0.3 is 5.97 Å². The smallest absolute Gasteiger partial charge is 0.311 e. The van der Waals surface area contributed by atoms with Crippen LogP contribution in [0.3, 0.4) is 0 Å². The van der Waals surface area contributed by atoms with Gasteiger partial charge in [-0.15, -0.1) is 0 Å². The zero-order valence-corrected chi connectivity index (χ0v) is 15.3. The minimum Gasteiger partial charge on any atom is -0.469 e. The number of epoxide rings is 1. The molecule has 0 N–H and O–H groups in total. The van der Waals surface area contributed by atoms with Gasteiger partial charge in [0.2, 0.25) is 0 Å². The van der Waals surface area contributed by atoms with Gasteiger partial charge in [0, 0.05) is 0 Å². The molecule has 0 bridgehead atoms. The first-order chi connectivity index (χ1) is 11.7. The van der Waals surface area contributed by atoms with Crippen LogP contribution in [0.5, 0.6) is 0 Å². The Morgan fingerprint density at radius 1 is 1.00 bits per heavy atom. The molecule has 0 aromatic carbocycles. The van der Waals surface area contributed by atoms with Crippen LogP contribution in [0.4, 0.5) is 0 Å². The zero-order valence-electron chi connectivity index (χ0n) is 15.3. The molecule has 5 unspecified atom stereocenters. The van der Waals surface area contributed by atoms with Crippen LogP contribution < -0.4 is 0 Å². The van der Waals surface area contributed by atoms with E-state index in [1.165, 1.54) is 64.2 Å². The Labute approximate surface area is 146 Å². The summed E-state index contributed by atoms with van der Waals surface area (Å²) in [5.41, 5.74) is -0.193. The summed E-state index contributed by atoms with van der Waals surface area (Å²) in [6.45, 7) is 0. The summed E-state index contributed by atoms with van der Waals surface area (Å²) in [4.78, 5) is 12.8. The first-order valence-corrected chi connectivity index (χ1v) is 10.4. The van der Waals surface area contributed by atoms with E-state index in [-0.39, 0.29) is 11.4 Å². The van der Waals surface area contributed by atoms with Crippen LogP contribution in [0, 0.1) is 23.2 Å². The predicted molar refractivity (Wildman–Crippen MR) is 93.6 cm³/mol. The van der Waals surface area contributed by atoms with E-state index >= 15 is 0 Å². The van der Waals surface area contributed by atoms with Gasteiger partial charge in [-0.25, -0.2) is 0 Å². The van der Waals surface area contributed by atoms with Crippen molar-refractivity contribution in [3.8, 4) is 0 Å². The number of hydrogen-bond acceptors (Lipinski definition) is 3. The standard InChI is InChI=1S/C21H34O3/c1-23-20(22)21(13-15-9-10-18-19(12-15)24-18)11-5-8-17(14-21)16-6-3-2-4-7-16/h15-19H,2-14H2,1H3. The molecule has 4 fully saturated rings. The molecule has 3 saturated carbocycles. The molecular weight excluding hydrogens is 300 g/mol. The summed E-state index contributed by atoms with van der Waals surface area (Å²) in [5.74, 6) is 2.37. The van der Waals surface area contributed by atoms with Crippen LogP contribution in [0.1, 0.15) is 83.5 Å². The second kappa shape index (κ2) is 6.97. The topological polar surface area (TPSA) is 38.8 Å². The first-order valence-electron chi connectivity index (χ1n) is 10.4. The first kappa shape index (κ1) is 16.9. The average molecular weight is 335 g/mol. The fraction of sp³-hybridized carbons (Fsp3) is 0.952. The van der Waals surface area contributed by atoms with Crippen molar-refractivity contribution in [2.45, 2.75) is 95.7 Å². The van der Waals surface area contributed by atoms with Crippen molar-refractivity contribution in [3.63, 3.8) is 0 Å². The minimum absolute atomic E-state index is 0.0850. The molecule has 0 aromatic heterocycles. The summed E-state index contributed by atoms with van der Waals surface area (Å²) in [7, 11) is 1.59. The number of carbonyl (C=O) groups excluding carboxylic acids is 1. The third kappa shape index (κ3) is 3.38. The highest BCUT2D eigenvalue weighted by Crippen LogP contribution is 2.52. The van der Waals surface area contributed by atoms with Gasteiger partial charge in [0.05, 0.1) is 24.7 Å². The minimum atomic E-state index is -0.193. The monoisotopic (exact) mass is 334 g/mol. The number of ether oxygens (including phenoxy) is 2. The van der Waals surface area contributed by atoms with E-state index in [1.807, 2.05) is 0 Å². The lowest BCUT2D eigenvalue weighted by Gasteiger charge is -2.44. The van der Waals surface area contributed by atoms with Crippen LogP contribution in [0.2, 0.25) is 0 Å². The normalized spacial score (nSPS) is 43.0. The van der Waals surface area contributed by atoms with Crippen molar-refractivity contribution in [2.75, 3.05) is 7.11 Å². The summed E-state index contributed by atoms with van der Waals surface area (Å²) >= 11 is 0. The predicted octanol–water partition coefficient (Wildman–Crippen LogP) is 4.87. The molecule has 0 radical (unpaired) electrons. The van der Waals surface area contributed by atoms with E-state index in [2.05, 4.69) is 0 Å². The Bertz CT molecular complexity index is 456. The molecular formula is C21H34O3. The number of fused-ring (bicyclic) bond motifs is 1. The molecule has 1 aliphatic heterocycles. The van der Waals surface area contributed by atoms with Gasteiger partial charge in [0.15, 0.2) is 0 Å². The van der Waals surface area contributed by atoms with Crippen LogP contribution in [-0.2, 0) is 14.3 Å². The Morgan fingerprint density at radius 2 is 1.79 bits per heavy atom. The second-order valence-corrected chi connectivity index (χ2v) is 9.12. The van der Waals surface area contributed by atoms with E-state index in [9.17, 15) is 4.79 Å². The quantitative estimate of drug-likeness (QED) is 0.543. The number of rotatable bonds is 4. The molecule has 24 heavy (non-hydrogen) atoms. The van der Waals surface area contributed by atoms with Crippen LogP contribution in [-0.4, -0.2) is 25.3 Å². The molecule has 3 aliphatic carbocycles. The second-order valence-electron chi connectivity index (χ2n) is 9.12. The molecule has 136 valence electrons. The summed E-state index contributed by atoms with van der Waals surface area (Å²) in [6.07, 6.45) is 17.4. The van der Waals surface area contributed by atoms with E-state index < -0.39 is 0 Å². The molecule has 5 atom stereocenters. The van der Waals surface area contributed by atoms with Crippen molar-refractivity contribution < 1.29 is 14.3 Å². The largest absolute Gasteiger partial charge is 0.469 e. The van der Waals surface area contributed by atoms with Gasteiger partial charge in [0.1, 0.15) is 0 Å². The van der Waals surface area contributed by atoms with Crippen molar-refractivity contribution in [1.29, 1.82) is 0 Å². The maximum absolute atomic E-state index is 12.8. The van der Waals surface area contributed by atoms with Crippen molar-refractivity contribution in [1.82, 2.24) is 0 Å². The van der Waals surface area contributed by atoms with Gasteiger partial charge < -0.3 is 9.47 Å². The third-order valence-electron chi connectivity index (χ3n) is 7.61. The molecule has 1 saturated heterocycles. The highest BCUT2D eigenvalue weighted by atomic mass is 16.6. The average Bonchev–Trinajstić information content (AvgIpc) is 3.40. The molecule has 1 heterocycles. The Balaban J connectivity index is 1.46. The van der Waals surface area contributed by atoms with Gasteiger partial charge in [-0.3, -0.25) is 4.79 Å². The van der Waals surface area contributed by atoms with E-state index in [4.69, 9.17) is 9.47 Å². The number of esters is 1. The lowest BCUT2D eigenvalue weighted by Crippen LogP contribution is -2.41. The fourth-order valence-electron chi connectivity index (χ4n) is 6.31. The van der Waals surface area contributed by atoms with Gasteiger partial charge in [0.25, 0.3) is 0 Å². The van der Waals surface area contributed by atoms with Crippen LogP contribution in [0.15, 0.2) is 0 Å². The van der Waals surface area contributed by atoms with Crippen molar-refractivity contribution in [2.24, 2.45) is 23.2 Å². The van der Waals surface area contributed by atoms with Crippen molar-refractivity contribution >= 4 is 5.97 Å². The third-order valence-corrected chi connectivity index (χ3v) is 7.61. The maximum Gasteiger partial charge on any atom is 0.311 e. The Morgan fingerprint density at radius 3 is 2.54 bits per heavy atom. The molecule has 3 nitrogen and oxygen atoms in total. The highest BCUT2D eigenvalue weighted by Gasteiger charge is 2.50. The van der Waals surface area contributed by atoms with Gasteiger partial charge in [-0.1, -0.05) is 44.9 Å². The summed E-state index contributed by atoms with van der Waals surface area (Å²) < 4.78 is 11.1.